The summed E-state index contributed by atoms with van der Waals surface area (Å²) in [5.74, 6) is -0.613. The lowest BCUT2D eigenvalue weighted by Crippen LogP contribution is -2.68. The highest BCUT2D eigenvalue weighted by molar-refractivity contribution is 5.73. The summed E-state index contributed by atoms with van der Waals surface area (Å²) in [6, 6.07) is -1.35. The summed E-state index contributed by atoms with van der Waals surface area (Å²) in [4.78, 5) is 11.4. The molecule has 2 rings (SSSR count). The predicted octanol–water partition coefficient (Wildman–Crippen LogP) is -5.89. The van der Waals surface area contributed by atoms with Crippen LogP contribution in [0.4, 0.5) is 0 Å². The molecule has 28 heavy (non-hydrogen) atoms. The van der Waals surface area contributed by atoms with Crippen LogP contribution in [-0.2, 0) is 19.0 Å². The maximum Gasteiger partial charge on any atom is 0.217 e. The largest absolute Gasteiger partial charge is 0.394 e. The smallest absolute Gasteiger partial charge is 0.217 e. The van der Waals surface area contributed by atoms with Gasteiger partial charge in [-0.15, -0.1) is 0 Å². The number of amides is 1. The van der Waals surface area contributed by atoms with E-state index in [0.717, 1.165) is 6.92 Å². The minimum atomic E-state index is -1.90. The Hall–Kier alpha value is -0.970. The van der Waals surface area contributed by atoms with E-state index in [-0.39, 0.29) is 0 Å². The summed E-state index contributed by atoms with van der Waals surface area (Å²) >= 11 is 0. The van der Waals surface area contributed by atoms with Crippen LogP contribution in [0, 0.1) is 0 Å². The first-order chi connectivity index (χ1) is 13.1. The van der Waals surface area contributed by atoms with Crippen molar-refractivity contribution in [2.75, 3.05) is 13.2 Å². The Morgan fingerprint density at radius 3 is 2.21 bits per heavy atom. The lowest BCUT2D eigenvalue weighted by atomic mass is 9.94. The predicted molar refractivity (Wildman–Crippen MR) is 86.2 cm³/mol. The Bertz CT molecular complexity index is 523. The Morgan fingerprint density at radius 1 is 1.04 bits per heavy atom. The number of carbonyl (C=O) groups excluding carboxylic acids is 1. The molecule has 0 saturated carbocycles. The molecule has 164 valence electrons. The van der Waals surface area contributed by atoms with Gasteiger partial charge in [0.05, 0.1) is 13.2 Å². The van der Waals surface area contributed by atoms with Crippen molar-refractivity contribution >= 4 is 5.91 Å². The van der Waals surface area contributed by atoms with Gasteiger partial charge in [0.15, 0.2) is 12.6 Å². The standard InChI is InChI=1S/C15H27NO12/c1-4(19)16-7-9(22)8(21)6(3-18)26-15(7)28-13-10(23)12(5(20)2-17)27-14(25)11(13)24/h5-15,17-18,20-25H,2-3H2,1H3,(H,16,19)/t5?,6-,7-,8+,9-,10?,11?,12?,13?,14?,15-/m1/s1. The van der Waals surface area contributed by atoms with E-state index in [1.807, 2.05) is 0 Å². The Morgan fingerprint density at radius 2 is 1.68 bits per heavy atom. The number of rotatable bonds is 6. The van der Waals surface area contributed by atoms with Gasteiger partial charge >= 0.3 is 0 Å². The molecular formula is C15H27NO12. The van der Waals surface area contributed by atoms with E-state index in [4.69, 9.17) is 19.3 Å². The van der Waals surface area contributed by atoms with Crippen molar-refractivity contribution in [3.05, 3.63) is 0 Å². The molecule has 0 spiro atoms. The van der Waals surface area contributed by atoms with E-state index in [0.29, 0.717) is 0 Å². The monoisotopic (exact) mass is 413 g/mol. The number of ether oxygens (including phenoxy) is 3. The summed E-state index contributed by atoms with van der Waals surface area (Å²) in [5.41, 5.74) is 0. The molecule has 0 aromatic heterocycles. The number of aliphatic hydroxyl groups excluding tert-OH is 8. The van der Waals surface area contributed by atoms with Crippen molar-refractivity contribution in [2.24, 2.45) is 0 Å². The van der Waals surface area contributed by atoms with Crippen LogP contribution in [0.2, 0.25) is 0 Å². The summed E-state index contributed by atoms with van der Waals surface area (Å²) in [7, 11) is 0. The minimum absolute atomic E-state index is 0.613. The van der Waals surface area contributed by atoms with Gasteiger partial charge < -0.3 is 60.4 Å². The average molecular weight is 413 g/mol. The number of carbonyl (C=O) groups is 1. The molecule has 0 bridgehead atoms. The summed E-state index contributed by atoms with van der Waals surface area (Å²) < 4.78 is 15.7. The molecule has 0 aliphatic carbocycles. The van der Waals surface area contributed by atoms with Gasteiger partial charge in [-0.2, -0.15) is 0 Å². The molecule has 11 atom stereocenters. The van der Waals surface area contributed by atoms with Gasteiger partial charge in [-0.05, 0) is 0 Å². The van der Waals surface area contributed by atoms with Gasteiger partial charge in [0, 0.05) is 6.92 Å². The number of hydrogen-bond acceptors (Lipinski definition) is 12. The lowest BCUT2D eigenvalue weighted by Gasteiger charge is -2.47. The van der Waals surface area contributed by atoms with Gasteiger partial charge in [-0.1, -0.05) is 0 Å². The molecule has 6 unspecified atom stereocenters. The van der Waals surface area contributed by atoms with Crippen molar-refractivity contribution in [3.63, 3.8) is 0 Å². The van der Waals surface area contributed by atoms with E-state index in [1.54, 1.807) is 0 Å². The highest BCUT2D eigenvalue weighted by Crippen LogP contribution is 2.29. The first-order valence-electron chi connectivity index (χ1n) is 8.66. The third kappa shape index (κ3) is 4.77. The van der Waals surface area contributed by atoms with Crippen molar-refractivity contribution < 1.29 is 59.9 Å². The maximum atomic E-state index is 11.4. The van der Waals surface area contributed by atoms with Crippen LogP contribution in [0.15, 0.2) is 0 Å². The molecule has 0 radical (unpaired) electrons. The van der Waals surface area contributed by atoms with Crippen molar-refractivity contribution in [2.45, 2.75) is 74.4 Å². The molecule has 0 aromatic carbocycles. The van der Waals surface area contributed by atoms with Crippen LogP contribution < -0.4 is 5.32 Å². The SMILES string of the molecule is CC(=O)N[C@H]1[C@@H](OC2C(O)C(O)OC(C(O)CO)C2O)O[C@H](CO)[C@H](O)[C@@H]1O. The third-order valence-corrected chi connectivity index (χ3v) is 4.71. The Labute approximate surface area is 159 Å². The van der Waals surface area contributed by atoms with Crippen LogP contribution in [-0.4, -0.2) is 127 Å². The van der Waals surface area contributed by atoms with Crippen LogP contribution in [0.25, 0.3) is 0 Å². The zero-order valence-corrected chi connectivity index (χ0v) is 15.0. The molecule has 2 saturated heterocycles. The average Bonchev–Trinajstić information content (AvgIpc) is 2.66. The fraction of sp³-hybridized carbons (Fsp3) is 0.933. The van der Waals surface area contributed by atoms with Crippen molar-refractivity contribution in [1.29, 1.82) is 0 Å². The Kier molecular flexibility index (Phi) is 8.06. The molecule has 2 aliphatic rings. The minimum Gasteiger partial charge on any atom is -0.394 e. The second-order valence-corrected chi connectivity index (χ2v) is 6.76. The van der Waals surface area contributed by atoms with Gasteiger partial charge in [0.1, 0.15) is 54.9 Å². The first kappa shape index (κ1) is 23.3. The van der Waals surface area contributed by atoms with Crippen molar-refractivity contribution in [1.82, 2.24) is 5.32 Å². The zero-order chi connectivity index (χ0) is 21.2. The highest BCUT2D eigenvalue weighted by atomic mass is 16.7. The quantitative estimate of drug-likeness (QED) is 0.199. The van der Waals surface area contributed by atoms with E-state index >= 15 is 0 Å². The fourth-order valence-corrected chi connectivity index (χ4v) is 3.20. The molecule has 9 N–H and O–H groups in total. The molecule has 13 nitrogen and oxygen atoms in total. The molecule has 2 fully saturated rings. The number of nitrogens with one attached hydrogen (secondary N) is 1. The van der Waals surface area contributed by atoms with Gasteiger partial charge in [-0.25, -0.2) is 0 Å². The summed E-state index contributed by atoms with van der Waals surface area (Å²) in [5, 5.41) is 80.9. The molecule has 0 aromatic rings. The van der Waals surface area contributed by atoms with Crippen LogP contribution in [0.5, 0.6) is 0 Å². The number of aliphatic hydroxyl groups is 8. The van der Waals surface area contributed by atoms with Gasteiger partial charge in [0.25, 0.3) is 0 Å². The van der Waals surface area contributed by atoms with Crippen LogP contribution in [0.1, 0.15) is 6.92 Å². The van der Waals surface area contributed by atoms with Crippen LogP contribution >= 0.6 is 0 Å². The normalized spacial score (nSPS) is 45.5. The lowest BCUT2D eigenvalue weighted by molar-refractivity contribution is -0.347. The second-order valence-electron chi connectivity index (χ2n) is 6.76. The molecule has 1 amide bonds. The summed E-state index contributed by atoms with van der Waals surface area (Å²) in [6.07, 6.45) is -16.3. The zero-order valence-electron chi connectivity index (χ0n) is 15.0. The van der Waals surface area contributed by atoms with E-state index in [1.165, 1.54) is 0 Å². The topological polar surface area (TPSA) is 219 Å². The van der Waals surface area contributed by atoms with E-state index < -0.39 is 86.6 Å². The summed E-state index contributed by atoms with van der Waals surface area (Å²) in [6.45, 7) is -0.398. The fourth-order valence-electron chi connectivity index (χ4n) is 3.20. The Balaban J connectivity index is 2.25. The maximum absolute atomic E-state index is 11.4. The molecule has 2 aliphatic heterocycles. The third-order valence-electron chi connectivity index (χ3n) is 4.71. The molecular weight excluding hydrogens is 386 g/mol. The molecule has 13 heteroatoms. The van der Waals surface area contributed by atoms with Crippen molar-refractivity contribution in [3.8, 4) is 0 Å². The highest BCUT2D eigenvalue weighted by Gasteiger charge is 2.52. The van der Waals surface area contributed by atoms with E-state index in [9.17, 15) is 40.5 Å². The van der Waals surface area contributed by atoms with E-state index in [2.05, 4.69) is 5.32 Å². The molecule has 2 heterocycles. The van der Waals surface area contributed by atoms with Crippen LogP contribution in [0.3, 0.4) is 0 Å². The number of hydrogen-bond donors (Lipinski definition) is 9. The van der Waals surface area contributed by atoms with Gasteiger partial charge in [0.2, 0.25) is 5.91 Å². The van der Waals surface area contributed by atoms with Gasteiger partial charge in [-0.3, -0.25) is 4.79 Å². The first-order valence-corrected chi connectivity index (χ1v) is 8.66. The second kappa shape index (κ2) is 9.69.